The topological polar surface area (TPSA) is 13.1 Å². The van der Waals surface area contributed by atoms with Crippen molar-refractivity contribution in [1.82, 2.24) is 0 Å². The molecule has 0 saturated carbocycles. The monoisotopic (exact) mass is 182 g/mol. The fourth-order valence-electron chi connectivity index (χ4n) is 0.608. The highest BCUT2D eigenvalue weighted by Crippen LogP contribution is 2.25. The van der Waals surface area contributed by atoms with Gasteiger partial charge in [-0.1, -0.05) is 11.6 Å². The first-order chi connectivity index (χ1) is 4.74. The van der Waals surface area contributed by atoms with Gasteiger partial charge in [-0.15, -0.1) is 0 Å². The lowest BCUT2D eigenvalue weighted by atomic mass is 10.4. The number of hydrogen-bond donors (Lipinski definition) is 0. The van der Waals surface area contributed by atoms with E-state index in [1.54, 1.807) is 0 Å². The predicted octanol–water partition coefficient (Wildman–Crippen LogP) is 3.10. The van der Waals surface area contributed by atoms with E-state index >= 15 is 0 Å². The standard InChI is InChI=1S/C6H5Cl2FO/c7-5-3-4(1-2-9)10-6(5)8/h3H,1-2H2. The molecule has 0 N–H and O–H groups in total. The molecular formula is C6H5Cl2FO. The van der Waals surface area contributed by atoms with E-state index < -0.39 is 6.67 Å². The fourth-order valence-corrected chi connectivity index (χ4v) is 0.922. The van der Waals surface area contributed by atoms with Crippen molar-refractivity contribution < 1.29 is 8.81 Å². The van der Waals surface area contributed by atoms with Gasteiger partial charge >= 0.3 is 0 Å². The van der Waals surface area contributed by atoms with Crippen molar-refractivity contribution in [1.29, 1.82) is 0 Å². The molecule has 10 heavy (non-hydrogen) atoms. The average molecular weight is 183 g/mol. The normalized spacial score (nSPS) is 10.3. The number of alkyl halides is 1. The van der Waals surface area contributed by atoms with Gasteiger partial charge in [-0.25, -0.2) is 0 Å². The van der Waals surface area contributed by atoms with Crippen LogP contribution in [0.3, 0.4) is 0 Å². The van der Waals surface area contributed by atoms with Crippen molar-refractivity contribution in [2.24, 2.45) is 0 Å². The van der Waals surface area contributed by atoms with Gasteiger partial charge in [0.1, 0.15) is 5.76 Å². The van der Waals surface area contributed by atoms with E-state index in [9.17, 15) is 4.39 Å². The van der Waals surface area contributed by atoms with Gasteiger partial charge in [0.2, 0.25) is 5.22 Å². The van der Waals surface area contributed by atoms with E-state index in [-0.39, 0.29) is 11.6 Å². The quantitative estimate of drug-likeness (QED) is 0.686. The predicted molar refractivity (Wildman–Crippen MR) is 38.4 cm³/mol. The molecule has 0 aromatic carbocycles. The number of furan rings is 1. The maximum atomic E-state index is 11.7. The lowest BCUT2D eigenvalue weighted by molar-refractivity contribution is 0.440. The number of hydrogen-bond acceptors (Lipinski definition) is 1. The molecule has 0 unspecified atom stereocenters. The SMILES string of the molecule is FCCc1cc(Cl)c(Cl)o1. The van der Waals surface area contributed by atoms with Crippen LogP contribution in [-0.2, 0) is 6.42 Å². The molecule has 0 aliphatic rings. The molecule has 4 heteroatoms. The van der Waals surface area contributed by atoms with E-state index in [0.29, 0.717) is 10.8 Å². The second kappa shape index (κ2) is 3.26. The molecule has 1 rings (SSSR count). The van der Waals surface area contributed by atoms with Crippen LogP contribution in [-0.4, -0.2) is 6.67 Å². The molecule has 1 aromatic heterocycles. The highest BCUT2D eigenvalue weighted by molar-refractivity contribution is 6.40. The van der Waals surface area contributed by atoms with Crippen molar-refractivity contribution in [3.05, 3.63) is 22.1 Å². The van der Waals surface area contributed by atoms with Crippen LogP contribution in [0.15, 0.2) is 10.5 Å². The summed E-state index contributed by atoms with van der Waals surface area (Å²) in [6.07, 6.45) is 0.229. The van der Waals surface area contributed by atoms with Crippen LogP contribution >= 0.6 is 23.2 Å². The van der Waals surface area contributed by atoms with Crippen molar-refractivity contribution in [2.75, 3.05) is 6.67 Å². The molecule has 1 heterocycles. The van der Waals surface area contributed by atoms with Crippen molar-refractivity contribution in [3.63, 3.8) is 0 Å². The Labute approximate surface area is 67.7 Å². The lowest BCUT2D eigenvalue weighted by Crippen LogP contribution is -1.80. The van der Waals surface area contributed by atoms with E-state index in [2.05, 4.69) is 0 Å². The molecule has 1 aromatic rings. The van der Waals surface area contributed by atoms with Gasteiger partial charge in [0.25, 0.3) is 0 Å². The highest BCUT2D eigenvalue weighted by atomic mass is 35.5. The molecule has 0 amide bonds. The zero-order valence-corrected chi connectivity index (χ0v) is 6.55. The van der Waals surface area contributed by atoms with Gasteiger partial charge in [-0.05, 0) is 17.7 Å². The summed E-state index contributed by atoms with van der Waals surface area (Å²) in [5.74, 6) is 0.484. The number of rotatable bonds is 2. The Morgan fingerprint density at radius 3 is 2.60 bits per heavy atom. The molecular weight excluding hydrogens is 178 g/mol. The Bertz CT molecular complexity index is 202. The molecule has 0 fully saturated rings. The van der Waals surface area contributed by atoms with Crippen LogP contribution in [0.1, 0.15) is 5.76 Å². The van der Waals surface area contributed by atoms with Crippen LogP contribution < -0.4 is 0 Å². The lowest BCUT2D eigenvalue weighted by Gasteiger charge is -1.84. The first-order valence-electron chi connectivity index (χ1n) is 2.73. The summed E-state index contributed by atoms with van der Waals surface area (Å²) >= 11 is 11.0. The molecule has 0 atom stereocenters. The largest absolute Gasteiger partial charge is 0.448 e. The summed E-state index contributed by atoms with van der Waals surface area (Å²) in [5, 5.41) is 0.468. The van der Waals surface area contributed by atoms with E-state index in [0.717, 1.165) is 0 Å². The summed E-state index contributed by atoms with van der Waals surface area (Å²) < 4.78 is 16.5. The van der Waals surface area contributed by atoms with Gasteiger partial charge in [-0.3, -0.25) is 4.39 Å². The third-order valence-corrected chi connectivity index (χ3v) is 1.70. The van der Waals surface area contributed by atoms with Crippen LogP contribution in [0.4, 0.5) is 4.39 Å². The Morgan fingerprint density at radius 1 is 1.50 bits per heavy atom. The van der Waals surface area contributed by atoms with Crippen molar-refractivity contribution in [3.8, 4) is 0 Å². The molecule has 1 nitrogen and oxygen atoms in total. The summed E-state index contributed by atoms with van der Waals surface area (Å²) in [5.41, 5.74) is 0. The molecule has 56 valence electrons. The zero-order chi connectivity index (χ0) is 7.56. The van der Waals surface area contributed by atoms with E-state index in [1.807, 2.05) is 0 Å². The van der Waals surface area contributed by atoms with Gasteiger partial charge in [0.15, 0.2) is 0 Å². The van der Waals surface area contributed by atoms with Gasteiger partial charge < -0.3 is 4.42 Å². The Morgan fingerprint density at radius 2 is 2.20 bits per heavy atom. The maximum absolute atomic E-state index is 11.7. The summed E-state index contributed by atoms with van der Waals surface area (Å²) in [6, 6.07) is 1.52. The molecule has 0 aliphatic carbocycles. The fraction of sp³-hybridized carbons (Fsp3) is 0.333. The van der Waals surface area contributed by atoms with Crippen molar-refractivity contribution >= 4 is 23.2 Å². The maximum Gasteiger partial charge on any atom is 0.212 e. The third kappa shape index (κ3) is 1.64. The van der Waals surface area contributed by atoms with Crippen LogP contribution in [0.25, 0.3) is 0 Å². The second-order valence-electron chi connectivity index (χ2n) is 1.77. The van der Waals surface area contributed by atoms with Crippen molar-refractivity contribution in [2.45, 2.75) is 6.42 Å². The number of aryl methyl sites for hydroxylation is 1. The molecule has 0 aliphatic heterocycles. The van der Waals surface area contributed by atoms with Crippen LogP contribution in [0, 0.1) is 0 Å². The minimum Gasteiger partial charge on any atom is -0.448 e. The molecule has 0 bridgehead atoms. The second-order valence-corrected chi connectivity index (χ2v) is 2.52. The van der Waals surface area contributed by atoms with E-state index in [4.69, 9.17) is 27.6 Å². The minimum atomic E-state index is -0.458. The van der Waals surface area contributed by atoms with Crippen LogP contribution in [0.5, 0.6) is 0 Å². The summed E-state index contributed by atoms with van der Waals surface area (Å²) in [7, 11) is 0. The highest BCUT2D eigenvalue weighted by Gasteiger charge is 2.05. The molecule has 0 radical (unpaired) electrons. The third-order valence-electron chi connectivity index (χ3n) is 1.04. The number of halogens is 3. The minimum absolute atomic E-state index is 0.130. The molecule has 0 spiro atoms. The smallest absolute Gasteiger partial charge is 0.212 e. The first kappa shape index (κ1) is 7.89. The molecule has 0 saturated heterocycles. The first-order valence-corrected chi connectivity index (χ1v) is 3.49. The van der Waals surface area contributed by atoms with Gasteiger partial charge in [0.05, 0.1) is 11.7 Å². The van der Waals surface area contributed by atoms with Crippen LogP contribution in [0.2, 0.25) is 10.2 Å². The van der Waals surface area contributed by atoms with Gasteiger partial charge in [0, 0.05) is 6.42 Å². The van der Waals surface area contributed by atoms with Gasteiger partial charge in [-0.2, -0.15) is 0 Å². The Hall–Kier alpha value is -0.210. The summed E-state index contributed by atoms with van der Waals surface area (Å²) in [6.45, 7) is -0.458. The average Bonchev–Trinajstić information content (AvgIpc) is 2.14. The van der Waals surface area contributed by atoms with E-state index in [1.165, 1.54) is 6.07 Å². The summed E-state index contributed by atoms with van der Waals surface area (Å²) in [4.78, 5) is 0. The Balaban J connectivity index is 2.77. The zero-order valence-electron chi connectivity index (χ0n) is 5.03. The Kier molecular flexibility index (Phi) is 2.57.